The highest BCUT2D eigenvalue weighted by molar-refractivity contribution is 5.83. The van der Waals surface area contributed by atoms with Gasteiger partial charge in [0.2, 0.25) is 5.91 Å². The quantitative estimate of drug-likeness (QED) is 0.684. The predicted molar refractivity (Wildman–Crippen MR) is 62.5 cm³/mol. The third-order valence-electron chi connectivity index (χ3n) is 3.11. The Bertz CT molecular complexity index is 206. The molecule has 2 unspecified atom stereocenters. The third kappa shape index (κ3) is 3.20. The molecule has 0 aromatic carbocycles. The van der Waals surface area contributed by atoms with E-state index < -0.39 is 0 Å². The molecule has 1 N–H and O–H groups in total. The molecule has 2 atom stereocenters. The fourth-order valence-corrected chi connectivity index (χ4v) is 2.17. The Kier molecular flexibility index (Phi) is 5.09. The highest BCUT2D eigenvalue weighted by Crippen LogP contribution is 2.14. The maximum atomic E-state index is 11.8. The Hall–Kier alpha value is -0.570. The second-order valence-corrected chi connectivity index (χ2v) is 4.40. The number of unbranched alkanes of at least 4 members (excludes halogenated alkanes) is 3. The van der Waals surface area contributed by atoms with E-state index in [4.69, 9.17) is 0 Å². The number of rotatable bonds is 6. The SMILES string of the molecule is CCCCCCN1C(=O)C(C)NC1CC. The molecule has 88 valence electrons. The number of amides is 1. The van der Waals surface area contributed by atoms with Crippen molar-refractivity contribution in [2.75, 3.05) is 6.54 Å². The number of hydrogen-bond donors (Lipinski definition) is 1. The van der Waals surface area contributed by atoms with E-state index in [9.17, 15) is 4.79 Å². The van der Waals surface area contributed by atoms with Gasteiger partial charge in [0.1, 0.15) is 0 Å². The van der Waals surface area contributed by atoms with Gasteiger partial charge in [0.05, 0.1) is 12.2 Å². The van der Waals surface area contributed by atoms with Crippen LogP contribution in [-0.4, -0.2) is 29.6 Å². The van der Waals surface area contributed by atoms with Gasteiger partial charge in [-0.05, 0) is 19.8 Å². The van der Waals surface area contributed by atoms with Crippen molar-refractivity contribution in [1.29, 1.82) is 0 Å². The Labute approximate surface area is 93.2 Å². The van der Waals surface area contributed by atoms with Gasteiger partial charge < -0.3 is 4.90 Å². The standard InChI is InChI=1S/C12H24N2O/c1-4-6-7-8-9-14-11(5-2)13-10(3)12(14)15/h10-11,13H,4-9H2,1-3H3. The summed E-state index contributed by atoms with van der Waals surface area (Å²) in [6.07, 6.45) is 6.19. The lowest BCUT2D eigenvalue weighted by Gasteiger charge is -2.22. The molecule has 1 heterocycles. The third-order valence-corrected chi connectivity index (χ3v) is 3.11. The van der Waals surface area contributed by atoms with E-state index in [-0.39, 0.29) is 18.1 Å². The monoisotopic (exact) mass is 212 g/mol. The van der Waals surface area contributed by atoms with E-state index in [1.54, 1.807) is 0 Å². The van der Waals surface area contributed by atoms with E-state index in [1.165, 1.54) is 19.3 Å². The highest BCUT2D eigenvalue weighted by atomic mass is 16.2. The Morgan fingerprint density at radius 2 is 2.00 bits per heavy atom. The van der Waals surface area contributed by atoms with E-state index in [1.807, 2.05) is 11.8 Å². The minimum absolute atomic E-state index is 0.0149. The van der Waals surface area contributed by atoms with Gasteiger partial charge in [0, 0.05) is 6.54 Å². The largest absolute Gasteiger partial charge is 0.326 e. The lowest BCUT2D eigenvalue weighted by molar-refractivity contribution is -0.129. The van der Waals surface area contributed by atoms with Crippen LogP contribution in [0.4, 0.5) is 0 Å². The molecule has 1 aliphatic rings. The number of carbonyl (C=O) groups excluding carboxylic acids is 1. The first kappa shape index (κ1) is 12.5. The molecule has 3 heteroatoms. The molecule has 1 aliphatic heterocycles. The van der Waals surface area contributed by atoms with Gasteiger partial charge in [-0.2, -0.15) is 0 Å². The molecule has 15 heavy (non-hydrogen) atoms. The van der Waals surface area contributed by atoms with Crippen molar-refractivity contribution in [3.63, 3.8) is 0 Å². The summed E-state index contributed by atoms with van der Waals surface area (Å²) in [4.78, 5) is 13.8. The molecule has 1 rings (SSSR count). The predicted octanol–water partition coefficient (Wildman–Crippen LogP) is 2.12. The minimum Gasteiger partial charge on any atom is -0.326 e. The zero-order valence-corrected chi connectivity index (χ0v) is 10.3. The molecule has 0 spiro atoms. The summed E-state index contributed by atoms with van der Waals surface area (Å²) in [6, 6.07) is 0.0149. The lowest BCUT2D eigenvalue weighted by atomic mass is 10.2. The van der Waals surface area contributed by atoms with Crippen LogP contribution in [0.2, 0.25) is 0 Å². The maximum absolute atomic E-state index is 11.8. The van der Waals surface area contributed by atoms with Crippen LogP contribution in [0.3, 0.4) is 0 Å². The Balaban J connectivity index is 2.34. The number of carbonyl (C=O) groups is 1. The Morgan fingerprint density at radius 3 is 2.60 bits per heavy atom. The molecule has 0 saturated carbocycles. The van der Waals surface area contributed by atoms with Gasteiger partial charge in [0.25, 0.3) is 0 Å². The number of hydrogen-bond acceptors (Lipinski definition) is 2. The minimum atomic E-state index is 0.0149. The average molecular weight is 212 g/mol. The fourth-order valence-electron chi connectivity index (χ4n) is 2.17. The van der Waals surface area contributed by atoms with Crippen LogP contribution in [0, 0.1) is 0 Å². The van der Waals surface area contributed by atoms with E-state index >= 15 is 0 Å². The smallest absolute Gasteiger partial charge is 0.240 e. The van der Waals surface area contributed by atoms with Gasteiger partial charge in [0.15, 0.2) is 0 Å². The highest BCUT2D eigenvalue weighted by Gasteiger charge is 2.34. The first-order chi connectivity index (χ1) is 7.20. The van der Waals surface area contributed by atoms with Gasteiger partial charge in [-0.1, -0.05) is 33.1 Å². The lowest BCUT2D eigenvalue weighted by Crippen LogP contribution is -2.37. The molecular weight excluding hydrogens is 188 g/mol. The van der Waals surface area contributed by atoms with Crippen LogP contribution in [0.5, 0.6) is 0 Å². The van der Waals surface area contributed by atoms with Crippen LogP contribution in [0.15, 0.2) is 0 Å². The van der Waals surface area contributed by atoms with Crippen molar-refractivity contribution in [1.82, 2.24) is 10.2 Å². The molecule has 1 fully saturated rings. The van der Waals surface area contributed by atoms with Crippen LogP contribution in [0.25, 0.3) is 0 Å². The summed E-state index contributed by atoms with van der Waals surface area (Å²) >= 11 is 0. The molecular formula is C12H24N2O. The second-order valence-electron chi connectivity index (χ2n) is 4.40. The zero-order chi connectivity index (χ0) is 11.3. The van der Waals surface area contributed by atoms with Crippen molar-refractivity contribution >= 4 is 5.91 Å². The molecule has 0 aliphatic carbocycles. The molecule has 3 nitrogen and oxygen atoms in total. The summed E-state index contributed by atoms with van der Waals surface area (Å²) in [5.41, 5.74) is 0. The number of nitrogens with zero attached hydrogens (tertiary/aromatic N) is 1. The summed E-state index contributed by atoms with van der Waals surface area (Å²) in [5.74, 6) is 0.276. The fraction of sp³-hybridized carbons (Fsp3) is 0.917. The van der Waals surface area contributed by atoms with Gasteiger partial charge in [-0.15, -0.1) is 0 Å². The number of nitrogens with one attached hydrogen (secondary N) is 1. The molecule has 1 amide bonds. The summed E-state index contributed by atoms with van der Waals surface area (Å²) in [5, 5.41) is 3.32. The molecule has 0 radical (unpaired) electrons. The van der Waals surface area contributed by atoms with Crippen LogP contribution >= 0.6 is 0 Å². The Morgan fingerprint density at radius 1 is 1.27 bits per heavy atom. The van der Waals surface area contributed by atoms with Gasteiger partial charge in [-0.25, -0.2) is 0 Å². The average Bonchev–Trinajstić information content (AvgIpc) is 2.51. The van der Waals surface area contributed by atoms with Crippen molar-refractivity contribution in [3.05, 3.63) is 0 Å². The normalized spacial score (nSPS) is 26.3. The maximum Gasteiger partial charge on any atom is 0.240 e. The molecule has 1 saturated heterocycles. The van der Waals surface area contributed by atoms with E-state index in [0.29, 0.717) is 0 Å². The van der Waals surface area contributed by atoms with Gasteiger partial charge in [-0.3, -0.25) is 10.1 Å². The first-order valence-electron chi connectivity index (χ1n) is 6.27. The van der Waals surface area contributed by atoms with Crippen molar-refractivity contribution in [3.8, 4) is 0 Å². The van der Waals surface area contributed by atoms with Gasteiger partial charge >= 0.3 is 0 Å². The van der Waals surface area contributed by atoms with Crippen molar-refractivity contribution in [2.24, 2.45) is 0 Å². The molecule has 0 aromatic heterocycles. The summed E-state index contributed by atoms with van der Waals surface area (Å²) < 4.78 is 0. The van der Waals surface area contributed by atoms with Crippen molar-refractivity contribution in [2.45, 2.75) is 65.1 Å². The topological polar surface area (TPSA) is 32.3 Å². The van der Waals surface area contributed by atoms with Crippen LogP contribution in [0.1, 0.15) is 52.9 Å². The summed E-state index contributed by atoms with van der Waals surface area (Å²) in [7, 11) is 0. The summed E-state index contributed by atoms with van der Waals surface area (Å²) in [6.45, 7) is 7.22. The van der Waals surface area contributed by atoms with Crippen LogP contribution < -0.4 is 5.32 Å². The molecule has 0 bridgehead atoms. The second kappa shape index (κ2) is 6.11. The van der Waals surface area contributed by atoms with Crippen LogP contribution in [-0.2, 0) is 4.79 Å². The molecule has 0 aromatic rings. The van der Waals surface area contributed by atoms with E-state index in [2.05, 4.69) is 19.2 Å². The van der Waals surface area contributed by atoms with E-state index in [0.717, 1.165) is 19.4 Å². The first-order valence-corrected chi connectivity index (χ1v) is 6.27. The van der Waals surface area contributed by atoms with Crippen molar-refractivity contribution < 1.29 is 4.79 Å². The zero-order valence-electron chi connectivity index (χ0n) is 10.3.